The van der Waals surface area contributed by atoms with Gasteiger partial charge in [-0.2, -0.15) is 8.78 Å². The van der Waals surface area contributed by atoms with Crippen molar-refractivity contribution in [1.82, 2.24) is 19.8 Å². The SMILES string of the molecule is CC(=O)Nc1cc(Nc2cccc(C(C)(F)F)n2)c(C(=N)N2CCC3(CN(C)C3)C2)cn1. The number of hydrogen-bond donors (Lipinski definition) is 3. The Balaban J connectivity index is 1.62. The molecule has 0 radical (unpaired) electrons. The van der Waals surface area contributed by atoms with Crippen LogP contribution in [0.3, 0.4) is 0 Å². The molecule has 0 aliphatic carbocycles. The number of rotatable bonds is 5. The first-order valence-corrected chi connectivity index (χ1v) is 10.5. The van der Waals surface area contributed by atoms with E-state index in [1.165, 1.54) is 25.3 Å². The Morgan fingerprint density at radius 3 is 2.66 bits per heavy atom. The summed E-state index contributed by atoms with van der Waals surface area (Å²) in [6.45, 7) is 5.77. The molecule has 0 unspecified atom stereocenters. The van der Waals surface area contributed by atoms with E-state index in [4.69, 9.17) is 5.41 Å². The van der Waals surface area contributed by atoms with Crippen LogP contribution in [-0.4, -0.2) is 64.7 Å². The van der Waals surface area contributed by atoms with Gasteiger partial charge in [-0.15, -0.1) is 0 Å². The van der Waals surface area contributed by atoms with E-state index in [9.17, 15) is 13.6 Å². The molecule has 2 aliphatic heterocycles. The molecule has 2 fully saturated rings. The summed E-state index contributed by atoms with van der Waals surface area (Å²) in [6, 6.07) is 5.94. The van der Waals surface area contributed by atoms with Crippen molar-refractivity contribution in [2.24, 2.45) is 5.41 Å². The lowest BCUT2D eigenvalue weighted by atomic mass is 9.79. The van der Waals surface area contributed by atoms with Crippen molar-refractivity contribution in [3.8, 4) is 0 Å². The highest BCUT2D eigenvalue weighted by atomic mass is 19.3. The van der Waals surface area contributed by atoms with E-state index < -0.39 is 5.92 Å². The summed E-state index contributed by atoms with van der Waals surface area (Å²) >= 11 is 0. The molecule has 2 aromatic rings. The maximum atomic E-state index is 13.7. The highest BCUT2D eigenvalue weighted by Crippen LogP contribution is 2.39. The van der Waals surface area contributed by atoms with Crippen LogP contribution >= 0.6 is 0 Å². The van der Waals surface area contributed by atoms with Gasteiger partial charge < -0.3 is 20.4 Å². The molecule has 1 amide bonds. The Bertz CT molecular complexity index is 1050. The third-order valence-corrected chi connectivity index (χ3v) is 5.89. The number of nitrogens with zero attached hydrogens (tertiary/aromatic N) is 4. The standard InChI is InChI=1S/C22H27F2N7O/c1-14(32)27-19-9-16(28-18-6-4-5-17(29-18)21(2,23)24)15(10-26-19)20(25)31-8-7-22(13-31)11-30(3)12-22/h4-6,9-10,25H,7-8,11-13H2,1-3H3,(H2,26,27,28,29,32). The Kier molecular flexibility index (Phi) is 5.58. The number of nitrogens with one attached hydrogen (secondary N) is 3. The fraction of sp³-hybridized carbons (Fsp3) is 0.455. The average Bonchev–Trinajstić information content (AvgIpc) is 3.12. The number of pyridine rings is 2. The summed E-state index contributed by atoms with van der Waals surface area (Å²) in [5.41, 5.74) is 0.843. The number of amidine groups is 1. The Labute approximate surface area is 185 Å². The highest BCUT2D eigenvalue weighted by Gasteiger charge is 2.46. The van der Waals surface area contributed by atoms with E-state index in [0.29, 0.717) is 22.9 Å². The van der Waals surface area contributed by atoms with E-state index in [2.05, 4.69) is 32.5 Å². The normalized spacial score (nSPS) is 17.8. The van der Waals surface area contributed by atoms with Crippen LogP contribution in [0.2, 0.25) is 0 Å². The summed E-state index contributed by atoms with van der Waals surface area (Å²) in [4.78, 5) is 24.1. The van der Waals surface area contributed by atoms with E-state index in [1.54, 1.807) is 12.1 Å². The van der Waals surface area contributed by atoms with Gasteiger partial charge in [0.05, 0.1) is 11.3 Å². The van der Waals surface area contributed by atoms with Crippen LogP contribution in [0.1, 0.15) is 31.5 Å². The number of hydrogen-bond acceptors (Lipinski definition) is 6. The molecular weight excluding hydrogens is 416 g/mol. The third kappa shape index (κ3) is 4.55. The second kappa shape index (κ2) is 8.09. The van der Waals surface area contributed by atoms with Gasteiger partial charge in [-0.25, -0.2) is 9.97 Å². The zero-order valence-corrected chi connectivity index (χ0v) is 18.4. The first-order chi connectivity index (χ1) is 15.0. The monoisotopic (exact) mass is 443 g/mol. The van der Waals surface area contributed by atoms with Crippen LogP contribution < -0.4 is 10.6 Å². The van der Waals surface area contributed by atoms with Crippen molar-refractivity contribution in [3.05, 3.63) is 41.7 Å². The maximum absolute atomic E-state index is 13.7. The van der Waals surface area contributed by atoms with Crippen molar-refractivity contribution in [2.75, 3.05) is 43.9 Å². The molecule has 8 nitrogen and oxygen atoms in total. The number of amides is 1. The number of carbonyl (C=O) groups excluding carboxylic acids is 1. The Morgan fingerprint density at radius 1 is 1.25 bits per heavy atom. The molecule has 32 heavy (non-hydrogen) atoms. The zero-order chi connectivity index (χ0) is 23.1. The minimum absolute atomic E-state index is 0.219. The number of likely N-dealkylation sites (tertiary alicyclic amines) is 2. The molecule has 1 spiro atoms. The van der Waals surface area contributed by atoms with Gasteiger partial charge in [0.1, 0.15) is 23.2 Å². The second-order valence-corrected chi connectivity index (χ2v) is 8.91. The molecule has 0 aromatic carbocycles. The molecule has 0 atom stereocenters. The van der Waals surface area contributed by atoms with Gasteiger partial charge in [-0.1, -0.05) is 6.07 Å². The van der Waals surface area contributed by atoms with Gasteiger partial charge >= 0.3 is 0 Å². The summed E-state index contributed by atoms with van der Waals surface area (Å²) in [7, 11) is 2.09. The first kappa shape index (κ1) is 22.1. The van der Waals surface area contributed by atoms with E-state index >= 15 is 0 Å². The smallest absolute Gasteiger partial charge is 0.287 e. The molecule has 2 aliphatic rings. The van der Waals surface area contributed by atoms with Crippen LogP contribution in [0.25, 0.3) is 0 Å². The minimum Gasteiger partial charge on any atom is -0.356 e. The van der Waals surface area contributed by atoms with E-state index in [0.717, 1.165) is 39.5 Å². The number of aromatic nitrogens is 2. The lowest BCUT2D eigenvalue weighted by Crippen LogP contribution is -2.55. The fourth-order valence-electron chi connectivity index (χ4n) is 4.54. The minimum atomic E-state index is -3.08. The van der Waals surface area contributed by atoms with Gasteiger partial charge in [0.15, 0.2) is 0 Å². The van der Waals surface area contributed by atoms with E-state index in [1.807, 2.05) is 4.90 Å². The first-order valence-electron chi connectivity index (χ1n) is 10.5. The topological polar surface area (TPSA) is 97.2 Å². The van der Waals surface area contributed by atoms with Gasteiger partial charge in [-0.05, 0) is 25.6 Å². The fourth-order valence-corrected chi connectivity index (χ4v) is 4.54. The number of carbonyl (C=O) groups is 1. The van der Waals surface area contributed by atoms with Gasteiger partial charge in [-0.3, -0.25) is 10.2 Å². The van der Waals surface area contributed by atoms with E-state index in [-0.39, 0.29) is 22.8 Å². The van der Waals surface area contributed by atoms with Gasteiger partial charge in [0.2, 0.25) is 5.91 Å². The van der Waals surface area contributed by atoms with Crippen molar-refractivity contribution >= 4 is 29.1 Å². The molecular formula is C22H27F2N7O. The lowest BCUT2D eigenvalue weighted by Gasteiger charge is -2.46. The zero-order valence-electron chi connectivity index (χ0n) is 18.4. The molecule has 170 valence electrons. The molecule has 0 bridgehead atoms. The van der Waals surface area contributed by atoms with Crippen LogP contribution in [0.4, 0.5) is 26.1 Å². The average molecular weight is 444 g/mol. The summed E-state index contributed by atoms with van der Waals surface area (Å²) in [6.07, 6.45) is 2.54. The summed E-state index contributed by atoms with van der Waals surface area (Å²) in [5, 5.41) is 14.5. The van der Waals surface area contributed by atoms with Gasteiger partial charge in [0, 0.05) is 57.7 Å². The third-order valence-electron chi connectivity index (χ3n) is 5.89. The predicted octanol–water partition coefficient (Wildman–Crippen LogP) is 3.25. The Morgan fingerprint density at radius 2 is 2.00 bits per heavy atom. The molecule has 2 aromatic heterocycles. The largest absolute Gasteiger partial charge is 0.356 e. The number of halogens is 2. The van der Waals surface area contributed by atoms with Crippen LogP contribution in [0.5, 0.6) is 0 Å². The summed E-state index contributed by atoms with van der Waals surface area (Å²) < 4.78 is 27.5. The second-order valence-electron chi connectivity index (χ2n) is 8.91. The molecule has 2 saturated heterocycles. The maximum Gasteiger partial charge on any atom is 0.287 e. The lowest BCUT2D eigenvalue weighted by molar-refractivity contribution is -0.114. The number of alkyl halides is 2. The molecule has 4 rings (SSSR count). The van der Waals surface area contributed by atoms with Crippen molar-refractivity contribution in [3.63, 3.8) is 0 Å². The molecule has 0 saturated carbocycles. The molecule has 10 heteroatoms. The van der Waals surface area contributed by atoms with Crippen LogP contribution in [0.15, 0.2) is 30.5 Å². The summed E-state index contributed by atoms with van der Waals surface area (Å²) in [5.74, 6) is -2.54. The molecule has 3 N–H and O–H groups in total. The Hall–Kier alpha value is -3.14. The van der Waals surface area contributed by atoms with Crippen molar-refractivity contribution in [1.29, 1.82) is 5.41 Å². The quantitative estimate of drug-likeness (QED) is 0.485. The highest BCUT2D eigenvalue weighted by molar-refractivity contribution is 6.02. The van der Waals surface area contributed by atoms with Crippen molar-refractivity contribution in [2.45, 2.75) is 26.2 Å². The van der Waals surface area contributed by atoms with Crippen LogP contribution in [0, 0.1) is 10.8 Å². The molecule has 4 heterocycles. The number of anilines is 3. The van der Waals surface area contributed by atoms with Crippen molar-refractivity contribution < 1.29 is 13.6 Å². The van der Waals surface area contributed by atoms with Crippen LogP contribution in [-0.2, 0) is 10.7 Å². The predicted molar refractivity (Wildman–Crippen MR) is 119 cm³/mol. The van der Waals surface area contributed by atoms with Gasteiger partial charge in [0.25, 0.3) is 5.92 Å².